The number of hydrogen-bond acceptors (Lipinski definition) is 6. The lowest BCUT2D eigenvalue weighted by Crippen LogP contribution is -2.02. The van der Waals surface area contributed by atoms with E-state index >= 15 is 0 Å². The summed E-state index contributed by atoms with van der Waals surface area (Å²) in [7, 11) is 1.55. The zero-order valence-electron chi connectivity index (χ0n) is 13.2. The Morgan fingerprint density at radius 2 is 2.22 bits per heavy atom. The number of hydrogen-bond donors (Lipinski definition) is 2. The van der Waals surface area contributed by atoms with E-state index in [1.165, 1.54) is 0 Å². The maximum absolute atomic E-state index is 11.8. The second kappa shape index (κ2) is 7.46. The normalized spacial score (nSPS) is 13.1. The number of carbonyl (C=O) groups is 1. The fourth-order valence-corrected chi connectivity index (χ4v) is 2.73. The van der Waals surface area contributed by atoms with Crippen molar-refractivity contribution in [1.82, 2.24) is 0 Å². The number of thiol groups is 1. The molecule has 124 valence electrons. The third kappa shape index (κ3) is 3.47. The van der Waals surface area contributed by atoms with Gasteiger partial charge in [0.15, 0.2) is 0 Å². The van der Waals surface area contributed by atoms with Gasteiger partial charge in [-0.1, -0.05) is 18.7 Å². The summed E-state index contributed by atoms with van der Waals surface area (Å²) < 4.78 is 15.1. The molecular formula is C17H20O5S. The second-order valence-corrected chi connectivity index (χ2v) is 5.44. The number of carbonyl (C=O) groups excluding carboxylic acids is 1. The summed E-state index contributed by atoms with van der Waals surface area (Å²) in [6.45, 7) is 5.72. The first-order valence-corrected chi connectivity index (χ1v) is 7.60. The van der Waals surface area contributed by atoms with Crippen LogP contribution in [0, 0.1) is 6.92 Å². The summed E-state index contributed by atoms with van der Waals surface area (Å²) >= 11 is 3.68. The van der Waals surface area contributed by atoms with Crippen LogP contribution in [0.15, 0.2) is 24.5 Å². The Bertz CT molecular complexity index is 664. The van der Waals surface area contributed by atoms with E-state index in [0.717, 1.165) is 12.0 Å². The first-order valence-electron chi connectivity index (χ1n) is 7.23. The number of rotatable bonds is 7. The summed E-state index contributed by atoms with van der Waals surface area (Å²) in [5, 5.41) is 10.4. The van der Waals surface area contributed by atoms with Crippen LogP contribution >= 0.6 is 12.9 Å². The van der Waals surface area contributed by atoms with Gasteiger partial charge in [0.1, 0.15) is 29.4 Å². The van der Waals surface area contributed by atoms with Crippen molar-refractivity contribution in [3.05, 3.63) is 46.7 Å². The fraction of sp³-hybridized carbons (Fsp3) is 0.353. The Hall–Kier alpha value is -2.08. The highest BCUT2D eigenvalue weighted by molar-refractivity contribution is 7.75. The number of allylic oxidation sites excluding steroid dienone is 3. The van der Waals surface area contributed by atoms with Gasteiger partial charge in [0.2, 0.25) is 0 Å². The summed E-state index contributed by atoms with van der Waals surface area (Å²) in [6.07, 6.45) is 5.73. The number of phenolic OH excluding ortho intramolecular Hbond substituents is 1. The third-order valence-corrected chi connectivity index (χ3v) is 4.11. The largest absolute Gasteiger partial charge is 0.507 e. The molecule has 0 aliphatic carbocycles. The number of methoxy groups -OCH3 is 1. The molecule has 0 spiro atoms. The van der Waals surface area contributed by atoms with Crippen molar-refractivity contribution >= 4 is 18.9 Å². The van der Waals surface area contributed by atoms with Crippen molar-refractivity contribution in [3.63, 3.8) is 0 Å². The van der Waals surface area contributed by atoms with Crippen LogP contribution in [0.1, 0.15) is 39.9 Å². The number of esters is 1. The maximum Gasteiger partial charge on any atom is 0.342 e. The van der Waals surface area contributed by atoms with E-state index in [0.29, 0.717) is 35.5 Å². The molecule has 1 aromatic carbocycles. The summed E-state index contributed by atoms with van der Waals surface area (Å²) in [4.78, 5) is 11.8. The molecule has 6 heteroatoms. The molecule has 2 rings (SSSR count). The van der Waals surface area contributed by atoms with Crippen LogP contribution in [-0.4, -0.2) is 18.2 Å². The molecule has 0 aromatic heterocycles. The van der Waals surface area contributed by atoms with Crippen molar-refractivity contribution in [2.75, 3.05) is 7.11 Å². The zero-order chi connectivity index (χ0) is 17.0. The smallest absolute Gasteiger partial charge is 0.342 e. The van der Waals surface area contributed by atoms with Crippen molar-refractivity contribution in [3.8, 4) is 11.5 Å². The Kier molecular flexibility index (Phi) is 5.60. The van der Waals surface area contributed by atoms with Crippen molar-refractivity contribution in [1.29, 1.82) is 0 Å². The molecule has 1 aromatic rings. The van der Waals surface area contributed by atoms with Gasteiger partial charge in [0, 0.05) is 30.5 Å². The van der Waals surface area contributed by atoms with E-state index in [-0.39, 0.29) is 17.9 Å². The average Bonchev–Trinajstić information content (AvgIpc) is 2.93. The predicted molar refractivity (Wildman–Crippen MR) is 89.8 cm³/mol. The molecule has 5 nitrogen and oxygen atoms in total. The molecule has 1 aliphatic heterocycles. The number of ether oxygens (including phenoxy) is 2. The molecule has 0 bridgehead atoms. The van der Waals surface area contributed by atoms with Crippen LogP contribution in [0.4, 0.5) is 0 Å². The molecule has 23 heavy (non-hydrogen) atoms. The molecule has 0 atom stereocenters. The first kappa shape index (κ1) is 17.3. The highest BCUT2D eigenvalue weighted by Crippen LogP contribution is 2.41. The zero-order valence-corrected chi connectivity index (χ0v) is 14.1. The minimum atomic E-state index is -0.490. The Labute approximate surface area is 141 Å². The number of benzene rings is 1. The number of aromatic hydroxyl groups is 1. The molecule has 0 saturated heterocycles. The molecule has 0 radical (unpaired) electrons. The number of fused-ring (bicyclic) bond motifs is 1. The van der Waals surface area contributed by atoms with Gasteiger partial charge in [-0.05, 0) is 25.3 Å². The van der Waals surface area contributed by atoms with Crippen LogP contribution < -0.4 is 4.74 Å². The van der Waals surface area contributed by atoms with Crippen molar-refractivity contribution in [2.24, 2.45) is 0 Å². The van der Waals surface area contributed by atoms with Gasteiger partial charge in [0.05, 0.1) is 7.11 Å². The number of phenols is 1. The summed E-state index contributed by atoms with van der Waals surface area (Å²) in [5.41, 5.74) is 2.36. The Morgan fingerprint density at radius 3 is 2.87 bits per heavy atom. The van der Waals surface area contributed by atoms with Crippen molar-refractivity contribution < 1.29 is 23.6 Å². The van der Waals surface area contributed by atoms with E-state index in [2.05, 4.69) is 19.5 Å². The molecule has 0 amide bonds. The van der Waals surface area contributed by atoms with E-state index in [9.17, 15) is 9.90 Å². The summed E-state index contributed by atoms with van der Waals surface area (Å²) in [5.74, 6) is 0.634. The molecular weight excluding hydrogens is 316 g/mol. The van der Waals surface area contributed by atoms with Gasteiger partial charge >= 0.3 is 5.97 Å². The first-order chi connectivity index (χ1) is 11.0. The monoisotopic (exact) mass is 336 g/mol. The lowest BCUT2D eigenvalue weighted by Gasteiger charge is -2.15. The summed E-state index contributed by atoms with van der Waals surface area (Å²) in [6, 6.07) is 0. The minimum Gasteiger partial charge on any atom is -0.507 e. The van der Waals surface area contributed by atoms with Gasteiger partial charge in [-0.2, -0.15) is 0 Å². The molecule has 0 fully saturated rings. The average molecular weight is 336 g/mol. The van der Waals surface area contributed by atoms with E-state index in [1.807, 2.05) is 19.1 Å². The standard InChI is InChI=1S/C17H20O5S/c1-10(22-23)7-5-4-6-8-12-15(18)14-13(9-21-17(14)19)11(2)16(12)20-3/h4,6,18,23H,1,5,7-9H2,2-3H3/b6-4+. The predicted octanol–water partition coefficient (Wildman–Crippen LogP) is 3.63. The van der Waals surface area contributed by atoms with Crippen LogP contribution in [0.3, 0.4) is 0 Å². The van der Waals surface area contributed by atoms with Gasteiger partial charge in [0.25, 0.3) is 0 Å². The van der Waals surface area contributed by atoms with E-state index < -0.39 is 5.97 Å². The van der Waals surface area contributed by atoms with Gasteiger partial charge in [-0.25, -0.2) is 4.79 Å². The highest BCUT2D eigenvalue weighted by Gasteiger charge is 2.31. The van der Waals surface area contributed by atoms with Gasteiger partial charge < -0.3 is 18.8 Å². The van der Waals surface area contributed by atoms with Crippen LogP contribution in [0.5, 0.6) is 11.5 Å². The van der Waals surface area contributed by atoms with Gasteiger partial charge in [-0.3, -0.25) is 0 Å². The minimum absolute atomic E-state index is 0.0577. The van der Waals surface area contributed by atoms with Crippen LogP contribution in [0.2, 0.25) is 0 Å². The lowest BCUT2D eigenvalue weighted by atomic mass is 9.95. The molecule has 1 N–H and O–H groups in total. The molecule has 0 saturated carbocycles. The quantitative estimate of drug-likeness (QED) is 0.262. The second-order valence-electron chi connectivity index (χ2n) is 5.26. The van der Waals surface area contributed by atoms with E-state index in [4.69, 9.17) is 13.7 Å². The molecule has 1 aliphatic rings. The number of cyclic esters (lactones) is 1. The maximum atomic E-state index is 11.8. The SMILES string of the molecule is C=C(CC/C=C/Cc1c(O)c2c(c(C)c1OC)COC2=O)OS. The Morgan fingerprint density at radius 1 is 1.48 bits per heavy atom. The highest BCUT2D eigenvalue weighted by atomic mass is 32.1. The lowest BCUT2D eigenvalue weighted by molar-refractivity contribution is 0.0533. The van der Waals surface area contributed by atoms with Crippen molar-refractivity contribution in [2.45, 2.75) is 32.8 Å². The van der Waals surface area contributed by atoms with Crippen LogP contribution in [0.25, 0.3) is 0 Å². The van der Waals surface area contributed by atoms with Gasteiger partial charge in [-0.15, -0.1) is 0 Å². The van der Waals surface area contributed by atoms with E-state index in [1.54, 1.807) is 7.11 Å². The molecule has 1 heterocycles. The van der Waals surface area contributed by atoms with Crippen LogP contribution in [-0.2, 0) is 21.9 Å². The third-order valence-electron chi connectivity index (χ3n) is 3.86. The Balaban J connectivity index is 2.23. The fourth-order valence-electron chi connectivity index (χ4n) is 2.64. The molecule has 0 unspecified atom stereocenters. The topological polar surface area (TPSA) is 65.0 Å².